The van der Waals surface area contributed by atoms with Crippen LogP contribution in [0.1, 0.15) is 24.3 Å². The van der Waals surface area contributed by atoms with Crippen molar-refractivity contribution in [2.24, 2.45) is 5.92 Å². The predicted octanol–water partition coefficient (Wildman–Crippen LogP) is 2.86. The molecule has 0 aliphatic heterocycles. The van der Waals surface area contributed by atoms with Crippen LogP contribution in [0.15, 0.2) is 10.7 Å². The lowest BCUT2D eigenvalue weighted by molar-refractivity contribution is 0.100. The molecule has 0 unspecified atom stereocenters. The highest BCUT2D eigenvalue weighted by Crippen LogP contribution is 2.19. The molecule has 0 N–H and O–H groups in total. The van der Waals surface area contributed by atoms with Crippen LogP contribution >= 0.6 is 27.7 Å². The Kier molecular flexibility index (Phi) is 6.96. The number of rotatable bonds is 8. The molecule has 102 valence electrons. The zero-order chi connectivity index (χ0) is 13.5. The van der Waals surface area contributed by atoms with Crippen LogP contribution in [0.5, 0.6) is 0 Å². The van der Waals surface area contributed by atoms with Crippen molar-refractivity contribution in [3.8, 4) is 0 Å². The first kappa shape index (κ1) is 15.7. The van der Waals surface area contributed by atoms with Crippen LogP contribution in [0.2, 0.25) is 0 Å². The van der Waals surface area contributed by atoms with Gasteiger partial charge in [0.2, 0.25) is 0 Å². The quantitative estimate of drug-likeness (QED) is 0.685. The minimum absolute atomic E-state index is 0.112. The summed E-state index contributed by atoms with van der Waals surface area (Å²) in [6.07, 6.45) is 1.66. The number of thioether (sulfide) groups is 1. The number of nitrogens with zero attached hydrogens (tertiary/aromatic N) is 2. The molecule has 1 aromatic rings. The first-order chi connectivity index (χ1) is 8.56. The van der Waals surface area contributed by atoms with Crippen molar-refractivity contribution in [1.82, 2.24) is 9.78 Å². The van der Waals surface area contributed by atoms with E-state index in [9.17, 15) is 4.79 Å². The Labute approximate surface area is 121 Å². The van der Waals surface area contributed by atoms with Crippen molar-refractivity contribution in [2.75, 3.05) is 25.2 Å². The smallest absolute Gasteiger partial charge is 0.191 e. The average molecular weight is 335 g/mol. The van der Waals surface area contributed by atoms with E-state index in [2.05, 4.69) is 34.9 Å². The topological polar surface area (TPSA) is 44.1 Å². The van der Waals surface area contributed by atoms with Gasteiger partial charge >= 0.3 is 0 Å². The molecule has 0 atom stereocenters. The van der Waals surface area contributed by atoms with Gasteiger partial charge in [0.15, 0.2) is 5.78 Å². The van der Waals surface area contributed by atoms with Crippen LogP contribution in [0, 0.1) is 5.92 Å². The highest BCUT2D eigenvalue weighted by Gasteiger charge is 2.17. The lowest BCUT2D eigenvalue weighted by Gasteiger charge is -2.07. The maximum Gasteiger partial charge on any atom is 0.191 e. The van der Waals surface area contributed by atoms with Crippen molar-refractivity contribution < 1.29 is 9.53 Å². The van der Waals surface area contributed by atoms with Gasteiger partial charge in [-0.15, -0.1) is 0 Å². The molecule has 0 spiro atoms. The number of methoxy groups -OCH3 is 1. The Morgan fingerprint density at radius 2 is 2.33 bits per heavy atom. The third-order valence-electron chi connectivity index (χ3n) is 2.25. The fourth-order valence-electron chi connectivity index (χ4n) is 1.44. The van der Waals surface area contributed by atoms with Gasteiger partial charge in [-0.25, -0.2) is 0 Å². The lowest BCUT2D eigenvalue weighted by Crippen LogP contribution is -2.15. The van der Waals surface area contributed by atoms with Gasteiger partial charge in [-0.1, -0.05) is 13.8 Å². The van der Waals surface area contributed by atoms with E-state index >= 15 is 0 Å². The van der Waals surface area contributed by atoms with E-state index in [4.69, 9.17) is 4.74 Å². The lowest BCUT2D eigenvalue weighted by atomic mass is 10.3. The zero-order valence-corrected chi connectivity index (χ0v) is 13.4. The fraction of sp³-hybridized carbons (Fsp3) is 0.667. The van der Waals surface area contributed by atoms with E-state index in [-0.39, 0.29) is 5.78 Å². The van der Waals surface area contributed by atoms with E-state index < -0.39 is 0 Å². The maximum absolute atomic E-state index is 12.1. The number of Topliss-reactive ketones (excluding diaryl/α,β-unsaturated/α-hetero) is 1. The minimum atomic E-state index is 0.112. The Morgan fingerprint density at radius 1 is 1.61 bits per heavy atom. The molecule has 4 nitrogen and oxygen atoms in total. The summed E-state index contributed by atoms with van der Waals surface area (Å²) < 4.78 is 7.47. The highest BCUT2D eigenvalue weighted by atomic mass is 79.9. The molecular weight excluding hydrogens is 316 g/mol. The molecule has 1 heterocycles. The second-order valence-corrected chi connectivity index (χ2v) is 6.27. The SMILES string of the molecule is COCCn1ncc(Br)c1C(=O)CSCC(C)C. The third-order valence-corrected chi connectivity index (χ3v) is 4.20. The molecule has 0 radical (unpaired) electrons. The number of ether oxygens (including phenoxy) is 1. The van der Waals surface area contributed by atoms with Crippen LogP contribution < -0.4 is 0 Å². The predicted molar refractivity (Wildman–Crippen MR) is 78.3 cm³/mol. The molecule has 0 aliphatic carbocycles. The molecule has 1 rings (SSSR count). The van der Waals surface area contributed by atoms with Gasteiger partial charge in [0.05, 0.1) is 29.6 Å². The summed E-state index contributed by atoms with van der Waals surface area (Å²) in [6.45, 7) is 5.44. The Morgan fingerprint density at radius 3 is 2.94 bits per heavy atom. The number of hydrogen-bond donors (Lipinski definition) is 0. The van der Waals surface area contributed by atoms with Crippen LogP contribution in [0.4, 0.5) is 0 Å². The second-order valence-electron chi connectivity index (χ2n) is 4.39. The number of halogens is 1. The summed E-state index contributed by atoms with van der Waals surface area (Å²) in [7, 11) is 1.64. The van der Waals surface area contributed by atoms with Crippen LogP contribution in [-0.2, 0) is 11.3 Å². The van der Waals surface area contributed by atoms with Crippen molar-refractivity contribution in [3.63, 3.8) is 0 Å². The van der Waals surface area contributed by atoms with Crippen molar-refractivity contribution in [1.29, 1.82) is 0 Å². The molecule has 0 amide bonds. The summed E-state index contributed by atoms with van der Waals surface area (Å²) in [5.41, 5.74) is 0.642. The van der Waals surface area contributed by atoms with Crippen LogP contribution in [0.25, 0.3) is 0 Å². The molecule has 0 aromatic carbocycles. The normalized spacial score (nSPS) is 11.2. The van der Waals surface area contributed by atoms with E-state index in [1.807, 2.05) is 0 Å². The molecule has 0 bridgehead atoms. The van der Waals surface area contributed by atoms with Gasteiger partial charge in [0, 0.05) is 7.11 Å². The average Bonchev–Trinajstić information content (AvgIpc) is 2.67. The van der Waals surface area contributed by atoms with Crippen molar-refractivity contribution in [2.45, 2.75) is 20.4 Å². The molecule has 1 aromatic heterocycles. The van der Waals surface area contributed by atoms with Crippen LogP contribution in [0.3, 0.4) is 0 Å². The molecule has 18 heavy (non-hydrogen) atoms. The number of carbonyl (C=O) groups excluding carboxylic acids is 1. The van der Waals surface area contributed by atoms with Gasteiger partial charge < -0.3 is 4.74 Å². The summed E-state index contributed by atoms with van der Waals surface area (Å²) in [5, 5.41) is 4.18. The first-order valence-electron chi connectivity index (χ1n) is 5.87. The number of ketones is 1. The van der Waals surface area contributed by atoms with Crippen molar-refractivity contribution >= 4 is 33.5 Å². The third kappa shape index (κ3) is 4.74. The van der Waals surface area contributed by atoms with E-state index in [0.29, 0.717) is 30.5 Å². The number of aromatic nitrogens is 2. The van der Waals surface area contributed by atoms with Gasteiger partial charge in [0.1, 0.15) is 5.69 Å². The molecule has 6 heteroatoms. The highest BCUT2D eigenvalue weighted by molar-refractivity contribution is 9.10. The summed E-state index contributed by atoms with van der Waals surface area (Å²) in [5.74, 6) is 2.20. The van der Waals surface area contributed by atoms with E-state index in [0.717, 1.165) is 10.2 Å². The van der Waals surface area contributed by atoms with Crippen molar-refractivity contribution in [3.05, 3.63) is 16.4 Å². The van der Waals surface area contributed by atoms with Gasteiger partial charge in [-0.3, -0.25) is 9.48 Å². The van der Waals surface area contributed by atoms with E-state index in [1.54, 1.807) is 29.8 Å². The van der Waals surface area contributed by atoms with Crippen LogP contribution in [-0.4, -0.2) is 40.8 Å². The first-order valence-corrected chi connectivity index (χ1v) is 7.82. The van der Waals surface area contributed by atoms with E-state index in [1.165, 1.54) is 0 Å². The fourth-order valence-corrected chi connectivity index (χ4v) is 2.87. The summed E-state index contributed by atoms with van der Waals surface area (Å²) >= 11 is 5.04. The monoisotopic (exact) mass is 334 g/mol. The standard InChI is InChI=1S/C12H19BrN2O2S/c1-9(2)7-18-8-11(16)12-10(13)6-14-15(12)4-5-17-3/h6,9H,4-5,7-8H2,1-3H3. The maximum atomic E-state index is 12.1. The minimum Gasteiger partial charge on any atom is -0.383 e. The Bertz CT molecular complexity index is 393. The molecule has 0 aliphatic rings. The molecular formula is C12H19BrN2O2S. The summed E-state index contributed by atoms with van der Waals surface area (Å²) in [4.78, 5) is 12.1. The Hall–Kier alpha value is -0.330. The largest absolute Gasteiger partial charge is 0.383 e. The molecule has 0 saturated carbocycles. The number of hydrogen-bond acceptors (Lipinski definition) is 4. The zero-order valence-electron chi connectivity index (χ0n) is 11.0. The Balaban J connectivity index is 2.63. The van der Waals surface area contributed by atoms with Gasteiger partial charge in [0.25, 0.3) is 0 Å². The number of carbonyl (C=O) groups is 1. The van der Waals surface area contributed by atoms with Gasteiger partial charge in [-0.2, -0.15) is 16.9 Å². The van der Waals surface area contributed by atoms with Gasteiger partial charge in [-0.05, 0) is 27.6 Å². The molecule has 0 saturated heterocycles. The second kappa shape index (κ2) is 7.96. The molecule has 0 fully saturated rings. The summed E-state index contributed by atoms with van der Waals surface area (Å²) in [6, 6.07) is 0.